The standard InChI is InChI=1S/C18H20FN3O4/c1-12-16(18(24)25)10-20-22(12)14-6-8-21(9-7-14)17(23)11-26-15-4-2-13(19)3-5-15/h2-5,10,14H,6-9,11H2,1H3,(H,24,25). The van der Waals surface area contributed by atoms with E-state index in [0.29, 0.717) is 37.4 Å². The number of ether oxygens (including phenoxy) is 1. The van der Waals surface area contributed by atoms with Gasteiger partial charge in [-0.15, -0.1) is 0 Å². The van der Waals surface area contributed by atoms with Crippen molar-refractivity contribution >= 4 is 11.9 Å². The van der Waals surface area contributed by atoms with Crippen molar-refractivity contribution in [1.29, 1.82) is 0 Å². The average molecular weight is 361 g/mol. The number of likely N-dealkylation sites (tertiary alicyclic amines) is 1. The predicted molar refractivity (Wildman–Crippen MR) is 90.7 cm³/mol. The van der Waals surface area contributed by atoms with Crippen LogP contribution in [-0.2, 0) is 4.79 Å². The molecule has 1 saturated heterocycles. The van der Waals surface area contributed by atoms with Gasteiger partial charge in [-0.05, 0) is 44.0 Å². The summed E-state index contributed by atoms with van der Waals surface area (Å²) in [4.78, 5) is 25.1. The van der Waals surface area contributed by atoms with Crippen molar-refractivity contribution in [3.05, 3.63) is 47.5 Å². The number of carbonyl (C=O) groups excluding carboxylic acids is 1. The fourth-order valence-corrected chi connectivity index (χ4v) is 3.13. The summed E-state index contributed by atoms with van der Waals surface area (Å²) >= 11 is 0. The van der Waals surface area contributed by atoms with Gasteiger partial charge in [0.05, 0.1) is 17.9 Å². The summed E-state index contributed by atoms with van der Waals surface area (Å²) in [5, 5.41) is 13.3. The Morgan fingerprint density at radius 3 is 2.50 bits per heavy atom. The van der Waals surface area contributed by atoms with Gasteiger partial charge >= 0.3 is 5.97 Å². The molecule has 0 saturated carbocycles. The maximum absolute atomic E-state index is 12.9. The highest BCUT2D eigenvalue weighted by atomic mass is 19.1. The molecular weight excluding hydrogens is 341 g/mol. The molecule has 1 aliphatic heterocycles. The van der Waals surface area contributed by atoms with Crippen LogP contribution in [0.5, 0.6) is 5.75 Å². The average Bonchev–Trinajstić information content (AvgIpc) is 3.03. The number of carboxylic acid groups (broad SMARTS) is 1. The minimum absolute atomic E-state index is 0.0742. The lowest BCUT2D eigenvalue weighted by Gasteiger charge is -2.32. The number of hydrogen-bond donors (Lipinski definition) is 1. The smallest absolute Gasteiger partial charge is 0.339 e. The zero-order chi connectivity index (χ0) is 18.7. The number of aromatic carboxylic acids is 1. The van der Waals surface area contributed by atoms with Gasteiger partial charge in [0.15, 0.2) is 6.61 Å². The second kappa shape index (κ2) is 7.55. The zero-order valence-corrected chi connectivity index (χ0v) is 14.4. The predicted octanol–water partition coefficient (Wildman–Crippen LogP) is 2.27. The number of piperidine rings is 1. The van der Waals surface area contributed by atoms with Crippen LogP contribution in [0.25, 0.3) is 0 Å². The highest BCUT2D eigenvalue weighted by Crippen LogP contribution is 2.24. The van der Waals surface area contributed by atoms with Gasteiger partial charge in [-0.1, -0.05) is 0 Å². The van der Waals surface area contributed by atoms with Crippen molar-refractivity contribution in [3.8, 4) is 5.75 Å². The largest absolute Gasteiger partial charge is 0.484 e. The quantitative estimate of drug-likeness (QED) is 0.883. The summed E-state index contributed by atoms with van der Waals surface area (Å²) in [7, 11) is 0. The second-order valence-electron chi connectivity index (χ2n) is 6.25. The van der Waals surface area contributed by atoms with Crippen LogP contribution in [0.4, 0.5) is 4.39 Å². The van der Waals surface area contributed by atoms with E-state index in [-0.39, 0.29) is 29.9 Å². The number of aromatic nitrogens is 2. The van der Waals surface area contributed by atoms with E-state index in [1.807, 2.05) is 0 Å². The molecule has 7 nitrogen and oxygen atoms in total. The summed E-state index contributed by atoms with van der Waals surface area (Å²) in [6.07, 6.45) is 2.76. The minimum atomic E-state index is -0.987. The highest BCUT2D eigenvalue weighted by molar-refractivity contribution is 5.88. The molecular formula is C18H20FN3O4. The lowest BCUT2D eigenvalue weighted by molar-refractivity contribution is -0.134. The first-order chi connectivity index (χ1) is 12.5. The van der Waals surface area contributed by atoms with E-state index in [1.165, 1.54) is 30.5 Å². The van der Waals surface area contributed by atoms with E-state index < -0.39 is 5.97 Å². The van der Waals surface area contributed by atoms with Crippen molar-refractivity contribution in [1.82, 2.24) is 14.7 Å². The SMILES string of the molecule is Cc1c(C(=O)O)cnn1C1CCN(C(=O)COc2ccc(F)cc2)CC1. The second-order valence-corrected chi connectivity index (χ2v) is 6.25. The van der Waals surface area contributed by atoms with Gasteiger partial charge in [-0.25, -0.2) is 9.18 Å². The molecule has 1 aliphatic rings. The van der Waals surface area contributed by atoms with Crippen LogP contribution in [0.2, 0.25) is 0 Å². The Morgan fingerprint density at radius 1 is 1.27 bits per heavy atom. The van der Waals surface area contributed by atoms with Crippen molar-refractivity contribution < 1.29 is 23.8 Å². The molecule has 2 heterocycles. The number of rotatable bonds is 5. The summed E-state index contributed by atoms with van der Waals surface area (Å²) in [6, 6.07) is 5.60. The molecule has 138 valence electrons. The summed E-state index contributed by atoms with van der Waals surface area (Å²) in [5.41, 5.74) is 0.832. The summed E-state index contributed by atoms with van der Waals surface area (Å²) in [6.45, 7) is 2.75. The number of halogens is 1. The lowest BCUT2D eigenvalue weighted by atomic mass is 10.0. The highest BCUT2D eigenvalue weighted by Gasteiger charge is 2.26. The van der Waals surface area contributed by atoms with Gasteiger partial charge in [0.1, 0.15) is 17.1 Å². The third-order valence-corrected chi connectivity index (χ3v) is 4.61. The Kier molecular flexibility index (Phi) is 5.20. The van der Waals surface area contributed by atoms with E-state index in [1.54, 1.807) is 16.5 Å². The van der Waals surface area contributed by atoms with E-state index in [4.69, 9.17) is 9.84 Å². The number of benzene rings is 1. The number of hydrogen-bond acceptors (Lipinski definition) is 4. The molecule has 0 bridgehead atoms. The van der Waals surface area contributed by atoms with E-state index >= 15 is 0 Å². The number of carbonyl (C=O) groups is 2. The zero-order valence-electron chi connectivity index (χ0n) is 14.4. The third-order valence-electron chi connectivity index (χ3n) is 4.61. The molecule has 26 heavy (non-hydrogen) atoms. The first-order valence-electron chi connectivity index (χ1n) is 8.39. The van der Waals surface area contributed by atoms with Crippen LogP contribution >= 0.6 is 0 Å². The van der Waals surface area contributed by atoms with Gasteiger partial charge in [-0.2, -0.15) is 5.10 Å². The maximum atomic E-state index is 12.9. The van der Waals surface area contributed by atoms with Gasteiger partial charge in [-0.3, -0.25) is 9.48 Å². The fraction of sp³-hybridized carbons (Fsp3) is 0.389. The molecule has 8 heteroatoms. The first kappa shape index (κ1) is 17.9. The Labute approximate surface area is 150 Å². The summed E-state index contributed by atoms with van der Waals surface area (Å²) < 4.78 is 20.0. The summed E-state index contributed by atoms with van der Waals surface area (Å²) in [5.74, 6) is -1.02. The van der Waals surface area contributed by atoms with Crippen molar-refractivity contribution in [2.24, 2.45) is 0 Å². The minimum Gasteiger partial charge on any atom is -0.484 e. The van der Waals surface area contributed by atoms with E-state index in [0.717, 1.165) is 0 Å². The first-order valence-corrected chi connectivity index (χ1v) is 8.39. The molecule has 1 N–H and O–H groups in total. The molecule has 1 amide bonds. The van der Waals surface area contributed by atoms with Crippen molar-refractivity contribution in [2.75, 3.05) is 19.7 Å². The molecule has 1 aromatic heterocycles. The third kappa shape index (κ3) is 3.84. The van der Waals surface area contributed by atoms with Crippen LogP contribution in [0.1, 0.15) is 34.9 Å². The monoisotopic (exact) mass is 361 g/mol. The van der Waals surface area contributed by atoms with Crippen LogP contribution in [0.3, 0.4) is 0 Å². The van der Waals surface area contributed by atoms with E-state index in [9.17, 15) is 14.0 Å². The number of carboxylic acids is 1. The molecule has 0 radical (unpaired) electrons. The topological polar surface area (TPSA) is 84.7 Å². The van der Waals surface area contributed by atoms with Gasteiger partial charge in [0.25, 0.3) is 5.91 Å². The Bertz CT molecular complexity index is 795. The van der Waals surface area contributed by atoms with Crippen LogP contribution in [0.15, 0.2) is 30.5 Å². The van der Waals surface area contributed by atoms with Crippen LogP contribution in [0, 0.1) is 12.7 Å². The van der Waals surface area contributed by atoms with Crippen LogP contribution < -0.4 is 4.74 Å². The number of nitrogens with zero attached hydrogens (tertiary/aromatic N) is 3. The number of amides is 1. The maximum Gasteiger partial charge on any atom is 0.339 e. The fourth-order valence-electron chi connectivity index (χ4n) is 3.13. The molecule has 0 atom stereocenters. The molecule has 1 fully saturated rings. The van der Waals surface area contributed by atoms with Gasteiger partial charge < -0.3 is 14.7 Å². The molecule has 0 spiro atoms. The Hall–Kier alpha value is -2.90. The molecule has 0 unspecified atom stereocenters. The van der Waals surface area contributed by atoms with Crippen molar-refractivity contribution in [2.45, 2.75) is 25.8 Å². The van der Waals surface area contributed by atoms with Crippen molar-refractivity contribution in [3.63, 3.8) is 0 Å². The van der Waals surface area contributed by atoms with Gasteiger partial charge in [0, 0.05) is 13.1 Å². The molecule has 1 aromatic carbocycles. The molecule has 0 aliphatic carbocycles. The normalized spacial score (nSPS) is 15.1. The Morgan fingerprint density at radius 2 is 1.92 bits per heavy atom. The van der Waals surface area contributed by atoms with E-state index in [2.05, 4.69) is 5.10 Å². The van der Waals surface area contributed by atoms with Gasteiger partial charge in [0.2, 0.25) is 0 Å². The molecule has 2 aromatic rings. The molecule has 3 rings (SSSR count). The lowest BCUT2D eigenvalue weighted by Crippen LogP contribution is -2.41. The van der Waals surface area contributed by atoms with Crippen LogP contribution in [-0.4, -0.2) is 51.4 Å². The Balaban J connectivity index is 1.52.